The van der Waals surface area contributed by atoms with Crippen LogP contribution in [-0.2, 0) is 17.1 Å². The molecule has 3 N–H and O–H groups in total. The fourth-order valence-electron chi connectivity index (χ4n) is 2.97. The van der Waals surface area contributed by atoms with Crippen LogP contribution in [0.3, 0.4) is 0 Å². The SMILES string of the molecule is Cc1nn(-c2ccccc2)c([O-])c1C=NCCNCCN.[Mn+3].c1ccc(-c2ccccn2)nc1. The quantitative estimate of drug-likeness (QED) is 0.219. The van der Waals surface area contributed by atoms with Gasteiger partial charge in [-0.3, -0.25) is 15.0 Å². The largest absolute Gasteiger partial charge is 3.00 e. The van der Waals surface area contributed by atoms with Crippen molar-refractivity contribution in [3.8, 4) is 23.0 Å². The predicted octanol–water partition coefficient (Wildman–Crippen LogP) is 2.36. The molecule has 0 amide bonds. The van der Waals surface area contributed by atoms with Gasteiger partial charge in [-0.05, 0) is 43.3 Å². The van der Waals surface area contributed by atoms with Gasteiger partial charge in [0.2, 0.25) is 0 Å². The second kappa shape index (κ2) is 14.7. The molecule has 0 fully saturated rings. The third-order valence-corrected chi connectivity index (χ3v) is 4.61. The summed E-state index contributed by atoms with van der Waals surface area (Å²) in [6, 6.07) is 21.0. The molecule has 0 radical (unpaired) electrons. The van der Waals surface area contributed by atoms with Gasteiger partial charge in [0.05, 0.1) is 29.3 Å². The summed E-state index contributed by atoms with van der Waals surface area (Å²) < 4.78 is 1.41. The number of nitrogens with zero attached hydrogens (tertiary/aromatic N) is 5. The van der Waals surface area contributed by atoms with Crippen LogP contribution in [-0.4, -0.2) is 52.1 Å². The molecular formula is C25H28MnN7O+2. The first-order valence-corrected chi connectivity index (χ1v) is 10.8. The molecule has 3 aromatic heterocycles. The number of pyridine rings is 2. The second-order valence-corrected chi connectivity index (χ2v) is 7.06. The van der Waals surface area contributed by atoms with E-state index >= 15 is 0 Å². The van der Waals surface area contributed by atoms with Gasteiger partial charge in [0, 0.05) is 49.7 Å². The zero-order valence-electron chi connectivity index (χ0n) is 19.0. The van der Waals surface area contributed by atoms with Gasteiger partial charge in [0.15, 0.2) is 0 Å². The molecule has 0 saturated carbocycles. The van der Waals surface area contributed by atoms with Gasteiger partial charge in [-0.15, -0.1) is 0 Å². The van der Waals surface area contributed by atoms with Crippen LogP contribution in [0.5, 0.6) is 5.88 Å². The third kappa shape index (κ3) is 7.90. The van der Waals surface area contributed by atoms with E-state index in [1.54, 1.807) is 18.6 Å². The Kier molecular flexibility index (Phi) is 11.6. The summed E-state index contributed by atoms with van der Waals surface area (Å²) in [6.07, 6.45) is 5.14. The number of hydrogen-bond donors (Lipinski definition) is 2. The van der Waals surface area contributed by atoms with Crippen molar-refractivity contribution in [2.45, 2.75) is 6.92 Å². The maximum atomic E-state index is 12.3. The van der Waals surface area contributed by atoms with Crippen molar-refractivity contribution in [1.82, 2.24) is 25.1 Å². The molecule has 174 valence electrons. The van der Waals surface area contributed by atoms with E-state index in [1.165, 1.54) is 4.68 Å². The molecule has 0 aliphatic rings. The molecule has 0 spiro atoms. The number of benzene rings is 1. The molecule has 9 heteroatoms. The van der Waals surface area contributed by atoms with Gasteiger partial charge in [-0.1, -0.05) is 30.3 Å². The average molecular weight is 497 g/mol. The molecule has 0 unspecified atom stereocenters. The number of para-hydroxylation sites is 1. The number of aryl methyl sites for hydroxylation is 1. The van der Waals surface area contributed by atoms with Crippen LogP contribution >= 0.6 is 0 Å². The van der Waals surface area contributed by atoms with E-state index in [2.05, 4.69) is 25.4 Å². The molecule has 1 aromatic carbocycles. The Morgan fingerprint density at radius 1 is 0.941 bits per heavy atom. The monoisotopic (exact) mass is 497 g/mol. The Morgan fingerprint density at radius 3 is 2.12 bits per heavy atom. The molecule has 8 nitrogen and oxygen atoms in total. The smallest absolute Gasteiger partial charge is 0.858 e. The van der Waals surface area contributed by atoms with Crippen molar-refractivity contribution >= 4 is 6.21 Å². The Morgan fingerprint density at radius 2 is 1.56 bits per heavy atom. The van der Waals surface area contributed by atoms with Gasteiger partial charge in [-0.25, -0.2) is 4.68 Å². The fourth-order valence-corrected chi connectivity index (χ4v) is 2.97. The van der Waals surface area contributed by atoms with E-state index in [-0.39, 0.29) is 22.9 Å². The number of aromatic nitrogens is 4. The van der Waals surface area contributed by atoms with E-state index in [9.17, 15) is 5.11 Å². The second-order valence-electron chi connectivity index (χ2n) is 7.06. The minimum absolute atomic E-state index is 0. The molecule has 3 heterocycles. The minimum atomic E-state index is -0.141. The molecule has 0 aliphatic carbocycles. The molecule has 0 atom stereocenters. The Bertz CT molecular complexity index is 1080. The van der Waals surface area contributed by atoms with Crippen LogP contribution in [0, 0.1) is 6.92 Å². The number of aliphatic imine (C=N–C) groups is 1. The van der Waals surface area contributed by atoms with Crippen molar-refractivity contribution in [2.24, 2.45) is 10.7 Å². The van der Waals surface area contributed by atoms with Gasteiger partial charge in [-0.2, -0.15) is 5.10 Å². The summed E-state index contributed by atoms with van der Waals surface area (Å²) in [7, 11) is 0. The standard InChI is InChI=1S/C15H21N5O.C10H8N2.Mn/c1-12-14(11-18-10-9-17-8-7-16)15(21)20(19-12)13-5-3-2-4-6-13;1-3-7-11-9(5-1)10-6-2-4-8-12-10;/h2-6,11,17,21H,7-10,16H2,1H3;1-8H;/q;;+3/p-1. The number of nitrogens with one attached hydrogen (secondary N) is 1. The summed E-state index contributed by atoms with van der Waals surface area (Å²) in [4.78, 5) is 12.6. The van der Waals surface area contributed by atoms with Gasteiger partial charge in [0.25, 0.3) is 0 Å². The molecule has 0 aliphatic heterocycles. The van der Waals surface area contributed by atoms with E-state index < -0.39 is 0 Å². The molecule has 4 aromatic rings. The first-order valence-electron chi connectivity index (χ1n) is 10.8. The molecule has 0 bridgehead atoms. The van der Waals surface area contributed by atoms with Crippen LogP contribution in [0.4, 0.5) is 0 Å². The fraction of sp³-hybridized carbons (Fsp3) is 0.200. The predicted molar refractivity (Wildman–Crippen MR) is 130 cm³/mol. The summed E-state index contributed by atoms with van der Waals surface area (Å²) >= 11 is 0. The Balaban J connectivity index is 0.000000266. The van der Waals surface area contributed by atoms with Crippen LogP contribution in [0.15, 0.2) is 84.1 Å². The first-order chi connectivity index (χ1) is 16.2. The number of hydrogen-bond acceptors (Lipinski definition) is 7. The molecule has 34 heavy (non-hydrogen) atoms. The van der Waals surface area contributed by atoms with E-state index in [0.29, 0.717) is 24.3 Å². The molecular weight excluding hydrogens is 469 g/mol. The molecule has 4 rings (SSSR count). The third-order valence-electron chi connectivity index (χ3n) is 4.61. The van der Waals surface area contributed by atoms with Crippen molar-refractivity contribution < 1.29 is 22.2 Å². The summed E-state index contributed by atoms with van der Waals surface area (Å²) in [5.74, 6) is -0.141. The first kappa shape index (κ1) is 26.9. The maximum Gasteiger partial charge on any atom is 3.00 e. The topological polar surface area (TPSA) is 117 Å². The van der Waals surface area contributed by atoms with Crippen molar-refractivity contribution in [3.05, 3.63) is 90.4 Å². The van der Waals surface area contributed by atoms with E-state index in [0.717, 1.165) is 30.2 Å². The van der Waals surface area contributed by atoms with E-state index in [4.69, 9.17) is 5.73 Å². The van der Waals surface area contributed by atoms with Gasteiger partial charge in [0.1, 0.15) is 0 Å². The van der Waals surface area contributed by atoms with Crippen LogP contribution in [0.25, 0.3) is 17.1 Å². The Labute approximate surface area is 210 Å². The maximum absolute atomic E-state index is 12.3. The minimum Gasteiger partial charge on any atom is -0.858 e. The van der Waals surface area contributed by atoms with Crippen molar-refractivity contribution in [3.63, 3.8) is 0 Å². The summed E-state index contributed by atoms with van der Waals surface area (Å²) in [6.45, 7) is 4.54. The number of rotatable bonds is 8. The van der Waals surface area contributed by atoms with Crippen LogP contribution in [0.1, 0.15) is 11.3 Å². The van der Waals surface area contributed by atoms with Crippen molar-refractivity contribution in [2.75, 3.05) is 26.2 Å². The normalized spacial score (nSPS) is 10.4. The van der Waals surface area contributed by atoms with Gasteiger partial charge < -0.3 is 16.2 Å². The molecule has 0 saturated heterocycles. The van der Waals surface area contributed by atoms with Gasteiger partial charge >= 0.3 is 17.1 Å². The summed E-state index contributed by atoms with van der Waals surface area (Å²) in [5.41, 5.74) is 9.19. The van der Waals surface area contributed by atoms with Crippen molar-refractivity contribution in [1.29, 1.82) is 0 Å². The summed E-state index contributed by atoms with van der Waals surface area (Å²) in [5, 5.41) is 19.8. The Hall–Kier alpha value is -3.36. The zero-order valence-corrected chi connectivity index (χ0v) is 20.2. The number of nitrogens with two attached hydrogens (primary N) is 1. The average Bonchev–Trinajstić information content (AvgIpc) is 3.16. The van der Waals surface area contributed by atoms with E-state index in [1.807, 2.05) is 73.7 Å². The van der Waals surface area contributed by atoms with Crippen LogP contribution < -0.4 is 16.2 Å². The van der Waals surface area contributed by atoms with Crippen LogP contribution in [0.2, 0.25) is 0 Å². The zero-order chi connectivity index (χ0) is 23.3.